The monoisotopic (exact) mass is 476 g/mol. The molecule has 2 amide bonds. The number of likely N-dealkylation sites (tertiary alicyclic amines) is 1. The summed E-state index contributed by atoms with van der Waals surface area (Å²) in [5, 5.41) is 12.3. The van der Waals surface area contributed by atoms with Gasteiger partial charge in [-0.3, -0.25) is 18.9 Å². The number of amides is 2. The molecule has 1 aromatic heterocycles. The third kappa shape index (κ3) is 6.52. The number of carboxylic acids is 1. The highest BCUT2D eigenvalue weighted by Crippen LogP contribution is 2.53. The summed E-state index contributed by atoms with van der Waals surface area (Å²) in [7, 11) is -4.05. The molecule has 0 aliphatic carbocycles. The fourth-order valence-electron chi connectivity index (χ4n) is 4.25. The van der Waals surface area contributed by atoms with Crippen molar-refractivity contribution in [1.29, 1.82) is 0 Å². The van der Waals surface area contributed by atoms with Crippen LogP contribution in [0.4, 0.5) is 0 Å². The second-order valence-corrected chi connectivity index (χ2v) is 10.8. The van der Waals surface area contributed by atoms with Gasteiger partial charge in [-0.1, -0.05) is 30.3 Å². The second kappa shape index (κ2) is 10.8. The first kappa shape index (κ1) is 24.7. The molecule has 1 aliphatic rings. The number of nitrogens with one attached hydrogen (secondary N) is 2. The summed E-state index contributed by atoms with van der Waals surface area (Å²) < 4.78 is 13.4. The molecule has 178 valence electrons. The minimum absolute atomic E-state index is 0.121. The summed E-state index contributed by atoms with van der Waals surface area (Å²) in [6.45, 7) is 1.57. The van der Waals surface area contributed by atoms with Gasteiger partial charge in [-0.2, -0.15) is 0 Å². The first-order chi connectivity index (χ1) is 15.7. The molecule has 1 aromatic carbocycles. The zero-order valence-corrected chi connectivity index (χ0v) is 19.3. The summed E-state index contributed by atoms with van der Waals surface area (Å²) in [4.78, 5) is 55.9. The molecule has 0 saturated carbocycles. The largest absolute Gasteiger partial charge is 0.481 e. The molecule has 33 heavy (non-hydrogen) atoms. The number of aliphatic carboxylic acids is 1. The zero-order valence-electron chi connectivity index (χ0n) is 18.4. The number of benzene rings is 1. The molecule has 11 heteroatoms. The van der Waals surface area contributed by atoms with Crippen LogP contribution in [0.3, 0.4) is 0 Å². The molecule has 2 aromatic rings. The first-order valence-electron chi connectivity index (χ1n) is 10.8. The highest BCUT2D eigenvalue weighted by Gasteiger charge is 2.45. The quantitative estimate of drug-likeness (QED) is 0.380. The van der Waals surface area contributed by atoms with Gasteiger partial charge in [0.25, 0.3) is 0 Å². The lowest BCUT2D eigenvalue weighted by atomic mass is 10.0. The summed E-state index contributed by atoms with van der Waals surface area (Å²) in [6.07, 6.45) is 3.67. The van der Waals surface area contributed by atoms with Crippen LogP contribution in [-0.2, 0) is 31.8 Å². The molecule has 4 atom stereocenters. The van der Waals surface area contributed by atoms with E-state index < -0.39 is 49.1 Å². The number of carbonyl (C=O) groups excluding carboxylic acids is 2. The van der Waals surface area contributed by atoms with Crippen molar-refractivity contribution in [3.8, 4) is 0 Å². The number of nitrogens with zero attached hydrogens (tertiary/aromatic N) is 2. The van der Waals surface area contributed by atoms with Crippen LogP contribution in [0.5, 0.6) is 0 Å². The molecular weight excluding hydrogens is 447 g/mol. The fraction of sp³-hybridized carbons (Fsp3) is 0.455. The molecule has 3 rings (SSSR count). The Hall–Kier alpha value is -2.97. The summed E-state index contributed by atoms with van der Waals surface area (Å²) in [6, 6.07) is 8.00. The number of imidazole rings is 1. The lowest BCUT2D eigenvalue weighted by Crippen LogP contribution is -2.50. The number of aromatic nitrogens is 2. The van der Waals surface area contributed by atoms with E-state index in [0.29, 0.717) is 18.5 Å². The minimum atomic E-state index is -4.05. The Morgan fingerprint density at radius 1 is 1.27 bits per heavy atom. The van der Waals surface area contributed by atoms with E-state index in [1.807, 2.05) is 6.07 Å². The van der Waals surface area contributed by atoms with Crippen LogP contribution in [0.25, 0.3) is 0 Å². The predicted octanol–water partition coefficient (Wildman–Crippen LogP) is 1.62. The average Bonchev–Trinajstić information content (AvgIpc) is 3.45. The Balaban J connectivity index is 1.76. The van der Waals surface area contributed by atoms with Crippen LogP contribution in [0, 0.1) is 5.92 Å². The lowest BCUT2D eigenvalue weighted by molar-refractivity contribution is -0.141. The molecular formula is C22H29N4O6P. The van der Waals surface area contributed by atoms with Crippen molar-refractivity contribution in [2.24, 2.45) is 5.92 Å². The number of rotatable bonds is 10. The van der Waals surface area contributed by atoms with Crippen molar-refractivity contribution in [2.75, 3.05) is 12.7 Å². The Bertz CT molecular complexity index is 1010. The normalized spacial score (nSPS) is 19.5. The van der Waals surface area contributed by atoms with Crippen LogP contribution in [0.15, 0.2) is 42.9 Å². The maximum absolute atomic E-state index is 13.4. The van der Waals surface area contributed by atoms with Crippen molar-refractivity contribution in [3.63, 3.8) is 0 Å². The average molecular weight is 476 g/mol. The van der Waals surface area contributed by atoms with Crippen molar-refractivity contribution in [1.82, 2.24) is 20.2 Å². The third-order valence-corrected chi connectivity index (χ3v) is 8.21. The Morgan fingerprint density at radius 2 is 2.00 bits per heavy atom. The number of carboxylic acid groups (broad SMARTS) is 1. The SMILES string of the molecule is CC(=O)N[C@@H](Cc1cnc[nH]1)C(=O)N1CCC[C@@H]1P(=O)(O)C[C@@H](Cc1ccccc1)C(=O)O. The summed E-state index contributed by atoms with van der Waals surface area (Å²) >= 11 is 0. The minimum Gasteiger partial charge on any atom is -0.481 e. The van der Waals surface area contributed by atoms with Gasteiger partial charge in [-0.15, -0.1) is 0 Å². The van der Waals surface area contributed by atoms with Crippen LogP contribution in [0.2, 0.25) is 0 Å². The van der Waals surface area contributed by atoms with E-state index in [0.717, 1.165) is 5.56 Å². The zero-order chi connectivity index (χ0) is 24.0. The van der Waals surface area contributed by atoms with Gasteiger partial charge in [0.1, 0.15) is 11.8 Å². The maximum atomic E-state index is 13.4. The fourth-order valence-corrected chi connectivity index (χ4v) is 6.66. The molecule has 0 spiro atoms. The Labute approximate surface area is 191 Å². The van der Waals surface area contributed by atoms with Gasteiger partial charge in [-0.25, -0.2) is 4.98 Å². The molecule has 1 fully saturated rings. The summed E-state index contributed by atoms with van der Waals surface area (Å²) in [5.41, 5.74) is 1.40. The highest BCUT2D eigenvalue weighted by atomic mass is 31.2. The molecule has 2 heterocycles. The van der Waals surface area contributed by atoms with Gasteiger partial charge in [0, 0.05) is 37.9 Å². The maximum Gasteiger partial charge on any atom is 0.307 e. The second-order valence-electron chi connectivity index (χ2n) is 8.35. The number of hydrogen-bond donors (Lipinski definition) is 4. The molecule has 1 aliphatic heterocycles. The molecule has 0 bridgehead atoms. The topological polar surface area (TPSA) is 153 Å². The summed E-state index contributed by atoms with van der Waals surface area (Å²) in [5.74, 6) is -4.06. The van der Waals surface area contributed by atoms with E-state index in [-0.39, 0.29) is 19.4 Å². The first-order valence-corrected chi connectivity index (χ1v) is 12.7. The number of carbonyl (C=O) groups is 3. The van der Waals surface area contributed by atoms with Gasteiger partial charge < -0.3 is 25.2 Å². The van der Waals surface area contributed by atoms with Crippen LogP contribution in [-0.4, -0.2) is 67.2 Å². The molecule has 4 N–H and O–H groups in total. The van der Waals surface area contributed by atoms with Gasteiger partial charge in [0.2, 0.25) is 19.2 Å². The van der Waals surface area contributed by atoms with Gasteiger partial charge in [-0.05, 0) is 24.8 Å². The number of hydrogen-bond acceptors (Lipinski definition) is 5. The van der Waals surface area contributed by atoms with E-state index in [4.69, 9.17) is 0 Å². The standard InChI is InChI=1S/C22H29N4O6P/c1-15(27)25-19(11-18-12-23-14-24-18)21(28)26-9-5-8-20(26)33(31,32)13-17(22(29)30)10-16-6-3-2-4-7-16/h2-4,6-7,12,14,17,19-20H,5,8-11,13H2,1H3,(H,23,24)(H,25,27)(H,29,30)(H,31,32)/t17-,19+,20+/m1/s1. The van der Waals surface area contributed by atoms with Crippen LogP contribution < -0.4 is 5.32 Å². The molecule has 1 saturated heterocycles. The Morgan fingerprint density at radius 3 is 2.61 bits per heavy atom. The third-order valence-electron chi connectivity index (χ3n) is 5.78. The van der Waals surface area contributed by atoms with Crippen LogP contribution >= 0.6 is 7.37 Å². The van der Waals surface area contributed by atoms with Crippen LogP contribution in [0.1, 0.15) is 31.0 Å². The van der Waals surface area contributed by atoms with E-state index in [1.54, 1.807) is 30.5 Å². The predicted molar refractivity (Wildman–Crippen MR) is 121 cm³/mol. The van der Waals surface area contributed by atoms with E-state index in [1.165, 1.54) is 18.2 Å². The molecule has 1 unspecified atom stereocenters. The van der Waals surface area contributed by atoms with E-state index >= 15 is 0 Å². The molecule has 0 radical (unpaired) electrons. The van der Waals surface area contributed by atoms with Crippen molar-refractivity contribution in [2.45, 2.75) is 44.4 Å². The Kier molecular flexibility index (Phi) is 8.05. The highest BCUT2D eigenvalue weighted by molar-refractivity contribution is 7.58. The van der Waals surface area contributed by atoms with E-state index in [9.17, 15) is 28.9 Å². The van der Waals surface area contributed by atoms with Crippen molar-refractivity contribution >= 4 is 25.2 Å². The smallest absolute Gasteiger partial charge is 0.307 e. The lowest BCUT2D eigenvalue weighted by Gasteiger charge is -2.32. The van der Waals surface area contributed by atoms with Crippen molar-refractivity contribution in [3.05, 3.63) is 54.1 Å². The van der Waals surface area contributed by atoms with Gasteiger partial charge >= 0.3 is 5.97 Å². The molecule has 10 nitrogen and oxygen atoms in total. The van der Waals surface area contributed by atoms with E-state index in [2.05, 4.69) is 15.3 Å². The number of H-pyrrole nitrogens is 1. The van der Waals surface area contributed by atoms with Gasteiger partial charge in [0.05, 0.1) is 12.2 Å². The van der Waals surface area contributed by atoms with Gasteiger partial charge in [0.15, 0.2) is 0 Å². The number of aromatic amines is 1. The van der Waals surface area contributed by atoms with Crippen molar-refractivity contribution < 1.29 is 28.9 Å².